The molecule has 0 unspecified atom stereocenters. The fourth-order valence-corrected chi connectivity index (χ4v) is 8.59. The standard InChI is InChI=1S/C52H31N5/c1-8-35(36-17-20-42-43-13-3-6-32-7-4-14-44(50(32)43)45(42)28-36)26-38(9-1)46-21-18-33-15-16-34-19-22-47(56-52(34)51(33)55-46)39-10-2-11-40(27-39)48-31-57-25-23-37(29-49(57)54-48)41-12-5-24-53-30-41/h1-31H. The molecule has 0 bridgehead atoms. The van der Waals surface area contributed by atoms with Gasteiger partial charge in [-0.25, -0.2) is 15.0 Å². The molecule has 1 aliphatic carbocycles. The quantitative estimate of drug-likeness (QED) is 0.166. The van der Waals surface area contributed by atoms with Crippen LogP contribution < -0.4 is 0 Å². The average molecular weight is 726 g/mol. The van der Waals surface area contributed by atoms with Gasteiger partial charge in [-0.2, -0.15) is 0 Å². The van der Waals surface area contributed by atoms with Gasteiger partial charge in [0, 0.05) is 57.8 Å². The Morgan fingerprint density at radius 2 is 0.965 bits per heavy atom. The third-order valence-corrected chi connectivity index (χ3v) is 11.4. The molecule has 5 heterocycles. The summed E-state index contributed by atoms with van der Waals surface area (Å²) < 4.78 is 2.06. The third kappa shape index (κ3) is 5.17. The van der Waals surface area contributed by atoms with E-state index < -0.39 is 0 Å². The number of rotatable bonds is 5. The Morgan fingerprint density at radius 1 is 0.368 bits per heavy atom. The molecule has 6 aromatic carbocycles. The predicted molar refractivity (Wildman–Crippen MR) is 233 cm³/mol. The summed E-state index contributed by atoms with van der Waals surface area (Å²) in [5.41, 5.74) is 18.2. The predicted octanol–water partition coefficient (Wildman–Crippen LogP) is 13.0. The third-order valence-electron chi connectivity index (χ3n) is 11.4. The van der Waals surface area contributed by atoms with Gasteiger partial charge < -0.3 is 4.40 Å². The van der Waals surface area contributed by atoms with E-state index in [1.807, 2.05) is 12.3 Å². The van der Waals surface area contributed by atoms with Gasteiger partial charge in [-0.05, 0) is 98.2 Å². The van der Waals surface area contributed by atoms with Crippen molar-refractivity contribution in [3.05, 3.63) is 189 Å². The lowest BCUT2D eigenvalue weighted by Gasteiger charge is -2.10. The molecule has 0 spiro atoms. The number of hydrogen-bond donors (Lipinski definition) is 0. The smallest absolute Gasteiger partial charge is 0.138 e. The second-order valence-corrected chi connectivity index (χ2v) is 14.8. The summed E-state index contributed by atoms with van der Waals surface area (Å²) in [6.07, 6.45) is 7.80. The molecular formula is C52H31N5. The minimum Gasteiger partial charge on any atom is -0.306 e. The SMILES string of the molecule is c1cncc(-c2ccn3cc(-c4cccc(-c5ccc6ccc7ccc(-c8cccc(-c9ccc%10c(c9)-c9cccc%11cccc-%10c9%11)c8)nc7c6n5)c4)nc3c2)c1. The first-order valence-electron chi connectivity index (χ1n) is 19.2. The van der Waals surface area contributed by atoms with Crippen molar-refractivity contribution in [3.63, 3.8) is 0 Å². The summed E-state index contributed by atoms with van der Waals surface area (Å²) in [5, 5.41) is 4.75. The van der Waals surface area contributed by atoms with Crippen LogP contribution in [0.25, 0.3) is 117 Å². The molecule has 11 aromatic rings. The zero-order chi connectivity index (χ0) is 37.5. The van der Waals surface area contributed by atoms with E-state index in [4.69, 9.17) is 15.0 Å². The Hall–Kier alpha value is -7.76. The second kappa shape index (κ2) is 12.4. The van der Waals surface area contributed by atoms with Crippen molar-refractivity contribution >= 4 is 38.2 Å². The van der Waals surface area contributed by atoms with Gasteiger partial charge in [0.25, 0.3) is 0 Å². The Balaban J connectivity index is 0.895. The Bertz CT molecular complexity index is 3410. The molecule has 0 amide bonds. The van der Waals surface area contributed by atoms with Crippen molar-refractivity contribution in [2.75, 3.05) is 0 Å². The zero-order valence-corrected chi connectivity index (χ0v) is 30.6. The summed E-state index contributed by atoms with van der Waals surface area (Å²) in [6, 6.07) is 58.3. The van der Waals surface area contributed by atoms with Crippen molar-refractivity contribution in [1.29, 1.82) is 0 Å². The first kappa shape index (κ1) is 31.6. The lowest BCUT2D eigenvalue weighted by molar-refractivity contribution is 1.19. The van der Waals surface area contributed by atoms with Gasteiger partial charge in [-0.1, -0.05) is 115 Å². The molecule has 0 saturated carbocycles. The fourth-order valence-electron chi connectivity index (χ4n) is 8.59. The minimum absolute atomic E-state index is 0.885. The minimum atomic E-state index is 0.885. The monoisotopic (exact) mass is 725 g/mol. The van der Waals surface area contributed by atoms with Gasteiger partial charge in [-0.15, -0.1) is 0 Å². The summed E-state index contributed by atoms with van der Waals surface area (Å²) in [7, 11) is 0. The lowest BCUT2D eigenvalue weighted by atomic mass is 9.96. The topological polar surface area (TPSA) is 56.0 Å². The Morgan fingerprint density at radius 3 is 1.68 bits per heavy atom. The molecule has 5 aromatic heterocycles. The first-order chi connectivity index (χ1) is 28.2. The molecule has 1 aliphatic rings. The van der Waals surface area contributed by atoms with Gasteiger partial charge in [0.2, 0.25) is 0 Å². The molecule has 0 atom stereocenters. The van der Waals surface area contributed by atoms with Crippen molar-refractivity contribution in [1.82, 2.24) is 24.3 Å². The molecule has 5 heteroatoms. The molecule has 0 aliphatic heterocycles. The van der Waals surface area contributed by atoms with E-state index in [1.54, 1.807) is 6.20 Å². The second-order valence-electron chi connectivity index (χ2n) is 14.8. The molecule has 5 nitrogen and oxygen atoms in total. The number of hydrogen-bond acceptors (Lipinski definition) is 4. The van der Waals surface area contributed by atoms with Crippen LogP contribution in [0, 0.1) is 0 Å². The van der Waals surface area contributed by atoms with E-state index in [0.717, 1.165) is 77.9 Å². The van der Waals surface area contributed by atoms with Gasteiger partial charge in [-0.3, -0.25) is 4.98 Å². The van der Waals surface area contributed by atoms with E-state index in [2.05, 4.69) is 180 Å². The highest BCUT2D eigenvalue weighted by atomic mass is 15.0. The van der Waals surface area contributed by atoms with E-state index >= 15 is 0 Å². The van der Waals surface area contributed by atoms with Gasteiger partial charge in [0.05, 0.1) is 28.1 Å². The molecule has 0 fully saturated rings. The summed E-state index contributed by atoms with van der Waals surface area (Å²) in [6.45, 7) is 0. The van der Waals surface area contributed by atoms with Crippen LogP contribution in [-0.2, 0) is 0 Å². The zero-order valence-electron chi connectivity index (χ0n) is 30.6. The molecule has 0 saturated heterocycles. The van der Waals surface area contributed by atoms with Crippen LogP contribution in [0.1, 0.15) is 0 Å². The molecule has 57 heavy (non-hydrogen) atoms. The highest BCUT2D eigenvalue weighted by Gasteiger charge is 2.21. The van der Waals surface area contributed by atoms with Crippen molar-refractivity contribution in [2.45, 2.75) is 0 Å². The van der Waals surface area contributed by atoms with E-state index in [9.17, 15) is 0 Å². The average Bonchev–Trinajstić information content (AvgIpc) is 3.86. The maximum Gasteiger partial charge on any atom is 0.138 e. The van der Waals surface area contributed by atoms with Crippen LogP contribution in [-0.4, -0.2) is 24.3 Å². The molecule has 264 valence electrons. The van der Waals surface area contributed by atoms with Gasteiger partial charge in [0.1, 0.15) is 5.65 Å². The van der Waals surface area contributed by atoms with Gasteiger partial charge >= 0.3 is 0 Å². The van der Waals surface area contributed by atoms with Crippen LogP contribution in [0.2, 0.25) is 0 Å². The fraction of sp³-hybridized carbons (Fsp3) is 0. The molecular weight excluding hydrogens is 695 g/mol. The maximum absolute atomic E-state index is 5.29. The van der Waals surface area contributed by atoms with E-state index in [0.29, 0.717) is 0 Å². The summed E-state index contributed by atoms with van der Waals surface area (Å²) >= 11 is 0. The largest absolute Gasteiger partial charge is 0.306 e. The first-order valence-corrected chi connectivity index (χ1v) is 19.2. The highest BCUT2D eigenvalue weighted by Crippen LogP contribution is 2.48. The maximum atomic E-state index is 5.29. The highest BCUT2D eigenvalue weighted by molar-refractivity contribution is 6.15. The number of nitrogens with zero attached hydrogens (tertiary/aromatic N) is 5. The number of pyridine rings is 4. The van der Waals surface area contributed by atoms with Crippen LogP contribution in [0.3, 0.4) is 0 Å². The van der Waals surface area contributed by atoms with Crippen LogP contribution >= 0.6 is 0 Å². The number of imidazole rings is 1. The van der Waals surface area contributed by atoms with Crippen molar-refractivity contribution < 1.29 is 0 Å². The summed E-state index contributed by atoms with van der Waals surface area (Å²) in [4.78, 5) is 19.8. The summed E-state index contributed by atoms with van der Waals surface area (Å²) in [5.74, 6) is 0. The Labute approximate surface area is 328 Å². The molecule has 12 rings (SSSR count). The lowest BCUT2D eigenvalue weighted by Crippen LogP contribution is -1.91. The molecule has 0 radical (unpaired) electrons. The van der Waals surface area contributed by atoms with Crippen molar-refractivity contribution in [2.24, 2.45) is 0 Å². The van der Waals surface area contributed by atoms with Crippen molar-refractivity contribution in [3.8, 4) is 78.3 Å². The van der Waals surface area contributed by atoms with Crippen LogP contribution in [0.15, 0.2) is 189 Å². The molecule has 0 N–H and O–H groups in total. The van der Waals surface area contributed by atoms with Gasteiger partial charge in [0.15, 0.2) is 0 Å². The van der Waals surface area contributed by atoms with E-state index in [-0.39, 0.29) is 0 Å². The van der Waals surface area contributed by atoms with Crippen LogP contribution in [0.5, 0.6) is 0 Å². The number of aromatic nitrogens is 5. The van der Waals surface area contributed by atoms with E-state index in [1.165, 1.54) is 38.6 Å². The Kier molecular flexibility index (Phi) is 6.86. The normalized spacial score (nSPS) is 11.9. The number of benzene rings is 6. The number of fused-ring (bicyclic) bond motifs is 7. The van der Waals surface area contributed by atoms with Crippen LogP contribution in [0.4, 0.5) is 0 Å².